The van der Waals surface area contributed by atoms with Crippen LogP contribution in [-0.2, 0) is 34.3 Å². The molecule has 0 atom stereocenters. The van der Waals surface area contributed by atoms with Crippen LogP contribution >= 0.6 is 0 Å². The van der Waals surface area contributed by atoms with Crippen LogP contribution < -0.4 is 5.32 Å². The van der Waals surface area contributed by atoms with Gasteiger partial charge in [-0.1, -0.05) is 20.8 Å². The van der Waals surface area contributed by atoms with Crippen molar-refractivity contribution in [3.8, 4) is 0 Å². The molecule has 1 aromatic carbocycles. The largest absolute Gasteiger partial charge is 0.356 e. The van der Waals surface area contributed by atoms with E-state index in [2.05, 4.69) is 21.8 Å². The molecule has 180 valence electrons. The molecule has 0 bridgehead atoms. The van der Waals surface area contributed by atoms with Crippen molar-refractivity contribution in [2.45, 2.75) is 64.4 Å². The van der Waals surface area contributed by atoms with Crippen LogP contribution in [0.4, 0.5) is 0 Å². The molecule has 10 heteroatoms. The molecule has 0 spiro atoms. The van der Waals surface area contributed by atoms with E-state index in [1.807, 2.05) is 30.7 Å². The molecular weight excluding hydrogens is 440 g/mol. The lowest BCUT2D eigenvalue weighted by Crippen LogP contribution is -2.30. The van der Waals surface area contributed by atoms with Gasteiger partial charge in [0.1, 0.15) is 5.82 Å². The lowest BCUT2D eigenvalue weighted by atomic mass is 10.2. The molecule has 0 unspecified atom stereocenters. The zero-order valence-electron chi connectivity index (χ0n) is 19.7. The quantitative estimate of drug-likeness (QED) is 0.384. The van der Waals surface area contributed by atoms with Crippen LogP contribution in [0.1, 0.15) is 45.9 Å². The molecule has 1 N–H and O–H groups in total. The molecule has 0 fully saturated rings. The van der Waals surface area contributed by atoms with Gasteiger partial charge in [0.2, 0.25) is 15.9 Å². The fourth-order valence-electron chi connectivity index (χ4n) is 3.92. The van der Waals surface area contributed by atoms with Crippen LogP contribution in [0.25, 0.3) is 11.0 Å². The van der Waals surface area contributed by atoms with Crippen LogP contribution in [0.5, 0.6) is 0 Å². The molecule has 0 radical (unpaired) electrons. The number of aryl methyl sites for hydroxylation is 3. The van der Waals surface area contributed by atoms with E-state index in [0.717, 1.165) is 37.3 Å². The molecular formula is C23H34N6O3S. The third-order valence-electron chi connectivity index (χ3n) is 5.64. The van der Waals surface area contributed by atoms with E-state index in [4.69, 9.17) is 4.98 Å². The topological polar surface area (TPSA) is 102 Å². The van der Waals surface area contributed by atoms with Crippen molar-refractivity contribution >= 4 is 27.0 Å². The van der Waals surface area contributed by atoms with E-state index in [9.17, 15) is 13.2 Å². The van der Waals surface area contributed by atoms with Crippen molar-refractivity contribution in [2.24, 2.45) is 0 Å². The molecule has 3 rings (SSSR count). The number of hydrogen-bond acceptors (Lipinski definition) is 5. The standard InChI is InChI=1S/C23H34N6O3S/c1-4-14-29-21-9-8-19(33(31,32)28(5-2)6-3)17-20(21)26-22(29)10-11-23(30)25-12-7-15-27-16-13-24-18-27/h8-9,13,16-18H,4-7,10-12,14-15H2,1-3H3,(H,25,30). The van der Waals surface area contributed by atoms with Crippen molar-refractivity contribution < 1.29 is 13.2 Å². The van der Waals surface area contributed by atoms with Gasteiger partial charge in [-0.05, 0) is 31.0 Å². The number of sulfonamides is 1. The van der Waals surface area contributed by atoms with Gasteiger partial charge in [0.15, 0.2) is 0 Å². The van der Waals surface area contributed by atoms with E-state index in [1.54, 1.807) is 24.7 Å². The van der Waals surface area contributed by atoms with Crippen molar-refractivity contribution in [1.29, 1.82) is 0 Å². The van der Waals surface area contributed by atoms with Gasteiger partial charge in [-0.15, -0.1) is 0 Å². The Hall–Kier alpha value is -2.72. The van der Waals surface area contributed by atoms with Crippen molar-refractivity contribution in [3.05, 3.63) is 42.7 Å². The first-order valence-corrected chi connectivity index (χ1v) is 13.1. The average molecular weight is 475 g/mol. The zero-order valence-corrected chi connectivity index (χ0v) is 20.5. The molecule has 0 saturated heterocycles. The Morgan fingerprint density at radius 2 is 1.94 bits per heavy atom. The Morgan fingerprint density at radius 3 is 2.61 bits per heavy atom. The molecule has 0 saturated carbocycles. The average Bonchev–Trinajstić information content (AvgIpc) is 3.44. The maximum absolute atomic E-state index is 12.9. The number of aromatic nitrogens is 4. The highest BCUT2D eigenvalue weighted by molar-refractivity contribution is 7.89. The van der Waals surface area contributed by atoms with Crippen LogP contribution in [0.2, 0.25) is 0 Å². The Labute approximate surface area is 195 Å². The predicted octanol–water partition coefficient (Wildman–Crippen LogP) is 2.81. The summed E-state index contributed by atoms with van der Waals surface area (Å²) in [4.78, 5) is 21.3. The van der Waals surface area contributed by atoms with Gasteiger partial charge in [-0.3, -0.25) is 4.79 Å². The van der Waals surface area contributed by atoms with Gasteiger partial charge in [-0.25, -0.2) is 18.4 Å². The SMILES string of the molecule is CCCn1c(CCC(=O)NCCCn2ccnc2)nc2cc(S(=O)(=O)N(CC)CC)ccc21. The first-order valence-electron chi connectivity index (χ1n) is 11.6. The number of rotatable bonds is 13. The minimum atomic E-state index is -3.55. The van der Waals surface area contributed by atoms with Crippen LogP contribution in [0.15, 0.2) is 41.8 Å². The number of nitrogens with one attached hydrogen (secondary N) is 1. The Kier molecular flexibility index (Phi) is 8.62. The molecule has 3 aromatic rings. The normalized spacial score (nSPS) is 12.0. The summed E-state index contributed by atoms with van der Waals surface area (Å²) in [5, 5.41) is 2.96. The van der Waals surface area contributed by atoms with Gasteiger partial charge >= 0.3 is 0 Å². The maximum Gasteiger partial charge on any atom is 0.243 e. The predicted molar refractivity (Wildman–Crippen MR) is 128 cm³/mol. The van der Waals surface area contributed by atoms with Gasteiger partial charge in [0.25, 0.3) is 0 Å². The van der Waals surface area contributed by atoms with Crippen molar-refractivity contribution in [3.63, 3.8) is 0 Å². The minimum absolute atomic E-state index is 0.0134. The molecule has 2 aromatic heterocycles. The van der Waals surface area contributed by atoms with Gasteiger partial charge in [-0.2, -0.15) is 4.31 Å². The molecule has 33 heavy (non-hydrogen) atoms. The second-order valence-corrected chi connectivity index (χ2v) is 9.86. The monoisotopic (exact) mass is 474 g/mol. The van der Waals surface area contributed by atoms with Crippen LogP contribution in [0.3, 0.4) is 0 Å². The summed E-state index contributed by atoms with van der Waals surface area (Å²) < 4.78 is 31.3. The third-order valence-corrected chi connectivity index (χ3v) is 7.69. The fraction of sp³-hybridized carbons (Fsp3) is 0.522. The third kappa shape index (κ3) is 6.00. The van der Waals surface area contributed by atoms with E-state index in [1.165, 1.54) is 4.31 Å². The van der Waals surface area contributed by atoms with Gasteiger partial charge < -0.3 is 14.5 Å². The molecule has 0 aliphatic rings. The highest BCUT2D eigenvalue weighted by atomic mass is 32.2. The van der Waals surface area contributed by atoms with Crippen molar-refractivity contribution in [2.75, 3.05) is 19.6 Å². The van der Waals surface area contributed by atoms with Gasteiger partial charge in [0, 0.05) is 58.0 Å². The molecule has 0 aliphatic carbocycles. The lowest BCUT2D eigenvalue weighted by molar-refractivity contribution is -0.121. The summed E-state index contributed by atoms with van der Waals surface area (Å²) in [6.45, 7) is 8.77. The van der Waals surface area contributed by atoms with E-state index >= 15 is 0 Å². The smallest absolute Gasteiger partial charge is 0.243 e. The molecule has 2 heterocycles. The zero-order chi connectivity index (χ0) is 23.8. The van der Waals surface area contributed by atoms with E-state index in [0.29, 0.717) is 38.0 Å². The Bertz CT molecular complexity index is 1150. The highest BCUT2D eigenvalue weighted by Gasteiger charge is 2.23. The number of imidazole rings is 2. The summed E-state index contributed by atoms with van der Waals surface area (Å²) in [5.74, 6) is 0.790. The molecule has 9 nitrogen and oxygen atoms in total. The highest BCUT2D eigenvalue weighted by Crippen LogP contribution is 2.24. The Morgan fingerprint density at radius 1 is 1.15 bits per heavy atom. The number of hydrogen-bond donors (Lipinski definition) is 1. The minimum Gasteiger partial charge on any atom is -0.356 e. The summed E-state index contributed by atoms with van der Waals surface area (Å²) in [5.41, 5.74) is 1.54. The molecule has 0 aliphatic heterocycles. The number of carbonyl (C=O) groups is 1. The molecule has 1 amide bonds. The van der Waals surface area contributed by atoms with Crippen LogP contribution in [-0.4, -0.2) is 57.4 Å². The fourth-order valence-corrected chi connectivity index (χ4v) is 5.40. The summed E-state index contributed by atoms with van der Waals surface area (Å²) in [6.07, 6.45) is 7.99. The first kappa shape index (κ1) is 24.9. The summed E-state index contributed by atoms with van der Waals surface area (Å²) >= 11 is 0. The van der Waals surface area contributed by atoms with E-state index < -0.39 is 10.0 Å². The second kappa shape index (κ2) is 11.4. The lowest BCUT2D eigenvalue weighted by Gasteiger charge is -2.18. The van der Waals surface area contributed by atoms with Gasteiger partial charge in [0.05, 0.1) is 22.3 Å². The van der Waals surface area contributed by atoms with Crippen LogP contribution in [0, 0.1) is 0 Å². The second-order valence-electron chi connectivity index (χ2n) is 7.92. The summed E-state index contributed by atoms with van der Waals surface area (Å²) in [7, 11) is -3.55. The summed E-state index contributed by atoms with van der Waals surface area (Å²) in [6, 6.07) is 5.13. The maximum atomic E-state index is 12.9. The number of amides is 1. The number of benzene rings is 1. The number of nitrogens with zero attached hydrogens (tertiary/aromatic N) is 5. The van der Waals surface area contributed by atoms with E-state index in [-0.39, 0.29) is 10.8 Å². The first-order chi connectivity index (χ1) is 15.9. The Balaban J connectivity index is 1.68. The number of carbonyl (C=O) groups excluding carboxylic acids is 1. The number of fused-ring (bicyclic) bond motifs is 1. The van der Waals surface area contributed by atoms with Crippen molar-refractivity contribution in [1.82, 2.24) is 28.7 Å².